The van der Waals surface area contributed by atoms with Crippen LogP contribution >= 0.6 is 0 Å². The largest absolute Gasteiger partial charge is 0.466 e. The Hall–Kier alpha value is -1.31. The Morgan fingerprint density at radius 3 is 1.92 bits per heavy atom. The number of carbonyl (C=O) groups excluding carboxylic acids is 1. The van der Waals surface area contributed by atoms with Gasteiger partial charge in [-0.25, -0.2) is 0 Å². The van der Waals surface area contributed by atoms with E-state index >= 15 is 0 Å². The molecule has 138 valence electrons. The third-order valence-electron chi connectivity index (χ3n) is 4.19. The molecule has 0 aliphatic rings. The Bertz CT molecular complexity index is 437. The Kier molecular flexibility index (Phi) is 13.3. The van der Waals surface area contributed by atoms with Crippen molar-refractivity contribution in [3.63, 3.8) is 0 Å². The van der Waals surface area contributed by atoms with E-state index < -0.39 is 0 Å². The number of ether oxygens (including phenoxy) is 1. The van der Waals surface area contributed by atoms with Gasteiger partial charge in [-0.2, -0.15) is 0 Å². The lowest BCUT2D eigenvalue weighted by atomic mass is 10.0. The van der Waals surface area contributed by atoms with Crippen LogP contribution in [-0.2, 0) is 9.53 Å². The zero-order valence-corrected chi connectivity index (χ0v) is 16.8. The minimum atomic E-state index is -0.179. The molecule has 0 spiro atoms. The maximum absolute atomic E-state index is 10.7. The summed E-state index contributed by atoms with van der Waals surface area (Å²) in [6.45, 7) is 13.0. The molecule has 0 saturated carbocycles. The number of allylic oxidation sites excluding steroid dienone is 6. The molecule has 0 aromatic carbocycles. The Morgan fingerprint density at radius 1 is 0.833 bits per heavy atom. The third kappa shape index (κ3) is 15.6. The quantitative estimate of drug-likeness (QED) is 0.290. The van der Waals surface area contributed by atoms with E-state index in [1.54, 1.807) is 0 Å². The molecule has 24 heavy (non-hydrogen) atoms. The smallest absolute Gasteiger partial charge is 0.302 e. The number of esters is 1. The third-order valence-corrected chi connectivity index (χ3v) is 4.19. The summed E-state index contributed by atoms with van der Waals surface area (Å²) in [5.41, 5.74) is 4.39. The maximum Gasteiger partial charge on any atom is 0.302 e. The fourth-order valence-corrected chi connectivity index (χ4v) is 2.50. The van der Waals surface area contributed by atoms with Gasteiger partial charge in [0.2, 0.25) is 0 Å². The van der Waals surface area contributed by atoms with Crippen molar-refractivity contribution in [2.45, 2.75) is 86.5 Å². The molecule has 1 unspecified atom stereocenters. The first-order valence-electron chi connectivity index (χ1n) is 9.39. The van der Waals surface area contributed by atoms with Crippen molar-refractivity contribution in [2.24, 2.45) is 5.92 Å². The van der Waals surface area contributed by atoms with E-state index in [9.17, 15) is 4.79 Å². The van der Waals surface area contributed by atoms with Crippen molar-refractivity contribution >= 4 is 5.97 Å². The van der Waals surface area contributed by atoms with Crippen molar-refractivity contribution in [3.8, 4) is 0 Å². The fraction of sp³-hybridized carbons (Fsp3) is 0.682. The lowest BCUT2D eigenvalue weighted by Gasteiger charge is -2.10. The molecule has 0 radical (unpaired) electrons. The first-order chi connectivity index (χ1) is 11.3. The van der Waals surface area contributed by atoms with Crippen molar-refractivity contribution in [1.29, 1.82) is 0 Å². The highest BCUT2D eigenvalue weighted by Crippen LogP contribution is 2.15. The summed E-state index contributed by atoms with van der Waals surface area (Å²) in [5.74, 6) is 0.424. The molecule has 0 amide bonds. The Morgan fingerprint density at radius 2 is 1.38 bits per heavy atom. The minimum Gasteiger partial charge on any atom is -0.466 e. The van der Waals surface area contributed by atoms with Crippen LogP contribution < -0.4 is 0 Å². The highest BCUT2D eigenvalue weighted by atomic mass is 16.5. The van der Waals surface area contributed by atoms with Gasteiger partial charge < -0.3 is 4.74 Å². The van der Waals surface area contributed by atoms with E-state index in [0.717, 1.165) is 38.5 Å². The molecule has 0 aliphatic carbocycles. The predicted octanol–water partition coefficient (Wildman–Crippen LogP) is 6.78. The Balaban J connectivity index is 3.86. The molecule has 0 bridgehead atoms. The summed E-state index contributed by atoms with van der Waals surface area (Å²) in [6, 6.07) is 0. The number of rotatable bonds is 12. The van der Waals surface area contributed by atoms with Gasteiger partial charge in [-0.15, -0.1) is 0 Å². The van der Waals surface area contributed by atoms with Crippen LogP contribution in [0.2, 0.25) is 0 Å². The summed E-state index contributed by atoms with van der Waals surface area (Å²) < 4.78 is 4.99. The van der Waals surface area contributed by atoms with Gasteiger partial charge in [-0.05, 0) is 78.6 Å². The molecule has 0 N–H and O–H groups in total. The normalized spacial score (nSPS) is 13.6. The van der Waals surface area contributed by atoms with E-state index in [0.29, 0.717) is 12.5 Å². The first kappa shape index (κ1) is 22.7. The van der Waals surface area contributed by atoms with E-state index in [1.807, 2.05) is 0 Å². The molecule has 0 aromatic heterocycles. The van der Waals surface area contributed by atoms with Gasteiger partial charge in [0.1, 0.15) is 0 Å². The average Bonchev–Trinajstić information content (AvgIpc) is 2.46. The molecule has 0 saturated heterocycles. The van der Waals surface area contributed by atoms with E-state index in [1.165, 1.54) is 30.1 Å². The molecule has 1 atom stereocenters. The SMILES string of the molecule is CC(=O)OCCC(C)CC/C=C(\C)CC/C=C(\C)CCC=C(C)C. The van der Waals surface area contributed by atoms with Crippen LogP contribution in [0.1, 0.15) is 86.5 Å². The maximum atomic E-state index is 10.7. The van der Waals surface area contributed by atoms with Gasteiger partial charge in [-0.3, -0.25) is 4.79 Å². The predicted molar refractivity (Wildman–Crippen MR) is 105 cm³/mol. The molecular formula is C22H38O2. The van der Waals surface area contributed by atoms with E-state index in [2.05, 4.69) is 52.8 Å². The summed E-state index contributed by atoms with van der Waals surface area (Å²) >= 11 is 0. The van der Waals surface area contributed by atoms with Crippen molar-refractivity contribution in [1.82, 2.24) is 0 Å². The van der Waals surface area contributed by atoms with Crippen LogP contribution in [0.4, 0.5) is 0 Å². The number of carbonyl (C=O) groups is 1. The topological polar surface area (TPSA) is 26.3 Å². The molecule has 0 rings (SSSR count). The number of hydrogen-bond acceptors (Lipinski definition) is 2. The van der Waals surface area contributed by atoms with Crippen LogP contribution in [-0.4, -0.2) is 12.6 Å². The highest BCUT2D eigenvalue weighted by molar-refractivity contribution is 5.65. The summed E-state index contributed by atoms with van der Waals surface area (Å²) in [5, 5.41) is 0. The van der Waals surface area contributed by atoms with Crippen molar-refractivity contribution < 1.29 is 9.53 Å². The van der Waals surface area contributed by atoms with Crippen LogP contribution in [0.3, 0.4) is 0 Å². The van der Waals surface area contributed by atoms with Gasteiger partial charge in [0.25, 0.3) is 0 Å². The second-order valence-corrected chi connectivity index (χ2v) is 7.27. The van der Waals surface area contributed by atoms with Crippen LogP contribution in [0.25, 0.3) is 0 Å². The second-order valence-electron chi connectivity index (χ2n) is 7.27. The van der Waals surface area contributed by atoms with Gasteiger partial charge >= 0.3 is 5.97 Å². The molecular weight excluding hydrogens is 296 g/mol. The zero-order valence-electron chi connectivity index (χ0n) is 16.8. The van der Waals surface area contributed by atoms with Gasteiger partial charge in [0.15, 0.2) is 0 Å². The minimum absolute atomic E-state index is 0.179. The van der Waals surface area contributed by atoms with Gasteiger partial charge in [0, 0.05) is 6.92 Å². The standard InChI is InChI=1S/C22H38O2/c1-18(2)10-7-11-19(3)12-8-13-20(4)14-9-15-21(5)16-17-24-22(6)23/h10,12,14,21H,7-9,11,13,15-17H2,1-6H3/b19-12+,20-14+. The molecule has 0 fully saturated rings. The lowest BCUT2D eigenvalue weighted by molar-refractivity contribution is -0.141. The Labute approximate surface area is 150 Å². The summed E-state index contributed by atoms with van der Waals surface area (Å²) in [6.07, 6.45) is 14.9. The molecule has 0 aromatic rings. The van der Waals surface area contributed by atoms with E-state index in [4.69, 9.17) is 4.74 Å². The average molecular weight is 335 g/mol. The molecule has 0 aliphatic heterocycles. The molecule has 0 heterocycles. The van der Waals surface area contributed by atoms with Gasteiger partial charge in [-0.1, -0.05) is 41.9 Å². The number of hydrogen-bond donors (Lipinski definition) is 0. The van der Waals surface area contributed by atoms with Crippen LogP contribution in [0.15, 0.2) is 34.9 Å². The van der Waals surface area contributed by atoms with E-state index in [-0.39, 0.29) is 5.97 Å². The van der Waals surface area contributed by atoms with Gasteiger partial charge in [0.05, 0.1) is 6.61 Å². The molecule has 2 heteroatoms. The van der Waals surface area contributed by atoms with Crippen molar-refractivity contribution in [2.75, 3.05) is 6.61 Å². The monoisotopic (exact) mass is 334 g/mol. The van der Waals surface area contributed by atoms with Crippen molar-refractivity contribution in [3.05, 3.63) is 34.9 Å². The lowest BCUT2D eigenvalue weighted by Crippen LogP contribution is -2.05. The summed E-state index contributed by atoms with van der Waals surface area (Å²) in [4.78, 5) is 10.7. The second kappa shape index (κ2) is 14.1. The highest BCUT2D eigenvalue weighted by Gasteiger charge is 2.02. The van der Waals surface area contributed by atoms with Crippen LogP contribution in [0.5, 0.6) is 0 Å². The first-order valence-corrected chi connectivity index (χ1v) is 9.39. The fourth-order valence-electron chi connectivity index (χ4n) is 2.50. The molecule has 2 nitrogen and oxygen atoms in total. The van der Waals surface area contributed by atoms with Crippen LogP contribution in [0, 0.1) is 5.92 Å². The zero-order chi connectivity index (χ0) is 18.4. The summed E-state index contributed by atoms with van der Waals surface area (Å²) in [7, 11) is 0.